The molecule has 0 spiro atoms. The topological polar surface area (TPSA) is 24.1 Å². The third-order valence-electron chi connectivity index (χ3n) is 1.96. The SMILES string of the molecule is CN[C@H]1CCCCNC1. The van der Waals surface area contributed by atoms with Gasteiger partial charge in [0.15, 0.2) is 0 Å². The van der Waals surface area contributed by atoms with Crippen LogP contribution in [0.25, 0.3) is 0 Å². The number of hydrogen-bond donors (Lipinski definition) is 2. The van der Waals surface area contributed by atoms with Gasteiger partial charge in [-0.2, -0.15) is 0 Å². The van der Waals surface area contributed by atoms with E-state index in [4.69, 9.17) is 0 Å². The van der Waals surface area contributed by atoms with Gasteiger partial charge in [0.25, 0.3) is 0 Å². The summed E-state index contributed by atoms with van der Waals surface area (Å²) in [7, 11) is 2.04. The Kier molecular flexibility index (Phi) is 3.01. The highest BCUT2D eigenvalue weighted by atomic mass is 15.0. The monoisotopic (exact) mass is 128 g/mol. The highest BCUT2D eigenvalue weighted by Gasteiger charge is 2.07. The Morgan fingerprint density at radius 1 is 1.44 bits per heavy atom. The minimum atomic E-state index is 0.715. The van der Waals surface area contributed by atoms with Crippen molar-refractivity contribution in [3.05, 3.63) is 0 Å². The van der Waals surface area contributed by atoms with Gasteiger partial charge in [-0.1, -0.05) is 6.42 Å². The molecule has 0 aromatic carbocycles. The molecule has 0 aromatic heterocycles. The van der Waals surface area contributed by atoms with Gasteiger partial charge in [0, 0.05) is 12.6 Å². The Bertz CT molecular complexity index is 65.3. The van der Waals surface area contributed by atoms with Crippen molar-refractivity contribution in [2.24, 2.45) is 0 Å². The van der Waals surface area contributed by atoms with E-state index in [2.05, 4.69) is 10.6 Å². The van der Waals surface area contributed by atoms with E-state index in [1.807, 2.05) is 7.05 Å². The summed E-state index contributed by atoms with van der Waals surface area (Å²) in [6, 6.07) is 0.715. The average Bonchev–Trinajstić information content (AvgIpc) is 2.13. The third kappa shape index (κ3) is 2.33. The molecular formula is C7H16N2. The van der Waals surface area contributed by atoms with Gasteiger partial charge in [-0.15, -0.1) is 0 Å². The second-order valence-corrected chi connectivity index (χ2v) is 2.69. The zero-order valence-electron chi connectivity index (χ0n) is 6.11. The Labute approximate surface area is 57.0 Å². The van der Waals surface area contributed by atoms with E-state index in [0.29, 0.717) is 6.04 Å². The molecule has 0 saturated carbocycles. The Hall–Kier alpha value is -0.0800. The third-order valence-corrected chi connectivity index (χ3v) is 1.96. The first-order chi connectivity index (χ1) is 4.43. The van der Waals surface area contributed by atoms with Crippen molar-refractivity contribution in [2.45, 2.75) is 25.3 Å². The Morgan fingerprint density at radius 2 is 2.33 bits per heavy atom. The van der Waals surface area contributed by atoms with Crippen molar-refractivity contribution in [3.8, 4) is 0 Å². The molecule has 0 aromatic rings. The molecule has 1 fully saturated rings. The summed E-state index contributed by atoms with van der Waals surface area (Å²) in [4.78, 5) is 0. The van der Waals surface area contributed by atoms with Crippen LogP contribution in [0.2, 0.25) is 0 Å². The molecule has 2 N–H and O–H groups in total. The molecular weight excluding hydrogens is 112 g/mol. The summed E-state index contributed by atoms with van der Waals surface area (Å²) in [6.07, 6.45) is 4.06. The lowest BCUT2D eigenvalue weighted by molar-refractivity contribution is 0.516. The lowest BCUT2D eigenvalue weighted by Crippen LogP contribution is -2.34. The maximum Gasteiger partial charge on any atom is 0.0189 e. The van der Waals surface area contributed by atoms with Crippen LogP contribution < -0.4 is 10.6 Å². The second kappa shape index (κ2) is 3.85. The number of rotatable bonds is 1. The van der Waals surface area contributed by atoms with Gasteiger partial charge in [-0.25, -0.2) is 0 Å². The van der Waals surface area contributed by atoms with Crippen LogP contribution in [0.1, 0.15) is 19.3 Å². The molecule has 2 heteroatoms. The van der Waals surface area contributed by atoms with Crippen molar-refractivity contribution in [1.29, 1.82) is 0 Å². The molecule has 0 bridgehead atoms. The quantitative estimate of drug-likeness (QED) is 0.532. The van der Waals surface area contributed by atoms with Crippen molar-refractivity contribution < 1.29 is 0 Å². The Morgan fingerprint density at radius 3 is 3.11 bits per heavy atom. The van der Waals surface area contributed by atoms with E-state index in [9.17, 15) is 0 Å². The van der Waals surface area contributed by atoms with Crippen molar-refractivity contribution in [3.63, 3.8) is 0 Å². The first-order valence-electron chi connectivity index (χ1n) is 3.81. The predicted octanol–water partition coefficient (Wildman–Crippen LogP) is 0.348. The lowest BCUT2D eigenvalue weighted by Gasteiger charge is -2.11. The normalized spacial score (nSPS) is 29.7. The van der Waals surface area contributed by atoms with Crippen LogP contribution in [0.3, 0.4) is 0 Å². The first-order valence-corrected chi connectivity index (χ1v) is 3.81. The molecule has 1 atom stereocenters. The van der Waals surface area contributed by atoms with E-state index < -0.39 is 0 Å². The summed E-state index contributed by atoms with van der Waals surface area (Å²) < 4.78 is 0. The maximum absolute atomic E-state index is 3.39. The molecule has 0 amide bonds. The largest absolute Gasteiger partial charge is 0.316 e. The van der Waals surface area contributed by atoms with Crippen LogP contribution in [0.4, 0.5) is 0 Å². The van der Waals surface area contributed by atoms with E-state index in [1.54, 1.807) is 0 Å². The highest BCUT2D eigenvalue weighted by molar-refractivity contribution is 4.70. The van der Waals surface area contributed by atoms with Gasteiger partial charge >= 0.3 is 0 Å². The van der Waals surface area contributed by atoms with Crippen LogP contribution in [0, 0.1) is 0 Å². The fourth-order valence-corrected chi connectivity index (χ4v) is 1.27. The molecule has 54 valence electrons. The van der Waals surface area contributed by atoms with Gasteiger partial charge in [-0.05, 0) is 26.4 Å². The zero-order valence-corrected chi connectivity index (χ0v) is 6.11. The van der Waals surface area contributed by atoms with E-state index in [0.717, 1.165) is 6.54 Å². The average molecular weight is 128 g/mol. The van der Waals surface area contributed by atoms with Crippen molar-refractivity contribution in [2.75, 3.05) is 20.1 Å². The van der Waals surface area contributed by atoms with Gasteiger partial charge in [0.1, 0.15) is 0 Å². The van der Waals surface area contributed by atoms with Crippen LogP contribution in [0.15, 0.2) is 0 Å². The minimum Gasteiger partial charge on any atom is -0.316 e. The van der Waals surface area contributed by atoms with Crippen molar-refractivity contribution >= 4 is 0 Å². The van der Waals surface area contributed by atoms with Gasteiger partial charge < -0.3 is 10.6 Å². The molecule has 1 saturated heterocycles. The summed E-state index contributed by atoms with van der Waals surface area (Å²) in [5, 5.41) is 6.67. The van der Waals surface area contributed by atoms with Crippen LogP contribution >= 0.6 is 0 Å². The van der Waals surface area contributed by atoms with Crippen LogP contribution in [-0.2, 0) is 0 Å². The summed E-state index contributed by atoms with van der Waals surface area (Å²) in [5.41, 5.74) is 0. The smallest absolute Gasteiger partial charge is 0.0189 e. The fraction of sp³-hybridized carbons (Fsp3) is 1.00. The Balaban J connectivity index is 2.18. The molecule has 0 unspecified atom stereocenters. The molecule has 1 rings (SSSR count). The molecule has 9 heavy (non-hydrogen) atoms. The summed E-state index contributed by atoms with van der Waals surface area (Å²) >= 11 is 0. The van der Waals surface area contributed by atoms with Crippen LogP contribution in [-0.4, -0.2) is 26.2 Å². The number of hydrogen-bond acceptors (Lipinski definition) is 2. The fourth-order valence-electron chi connectivity index (χ4n) is 1.27. The maximum atomic E-state index is 3.39. The standard InChI is InChI=1S/C7H16N2/c1-8-7-4-2-3-5-9-6-7/h7-9H,2-6H2,1H3/t7-/m0/s1. The van der Waals surface area contributed by atoms with Crippen LogP contribution in [0.5, 0.6) is 0 Å². The molecule has 1 aliphatic heterocycles. The van der Waals surface area contributed by atoms with Gasteiger partial charge in [-0.3, -0.25) is 0 Å². The van der Waals surface area contributed by atoms with Gasteiger partial charge in [0.05, 0.1) is 0 Å². The minimum absolute atomic E-state index is 0.715. The second-order valence-electron chi connectivity index (χ2n) is 2.69. The predicted molar refractivity (Wildman–Crippen MR) is 39.6 cm³/mol. The summed E-state index contributed by atoms with van der Waals surface area (Å²) in [6.45, 7) is 2.36. The van der Waals surface area contributed by atoms with E-state index in [1.165, 1.54) is 25.8 Å². The highest BCUT2D eigenvalue weighted by Crippen LogP contribution is 2.02. The summed E-state index contributed by atoms with van der Waals surface area (Å²) in [5.74, 6) is 0. The molecule has 1 aliphatic rings. The van der Waals surface area contributed by atoms with Crippen molar-refractivity contribution in [1.82, 2.24) is 10.6 Å². The molecule has 0 aliphatic carbocycles. The molecule has 0 radical (unpaired) electrons. The molecule has 1 heterocycles. The van der Waals surface area contributed by atoms with E-state index >= 15 is 0 Å². The zero-order chi connectivity index (χ0) is 6.53. The number of nitrogens with one attached hydrogen (secondary N) is 2. The van der Waals surface area contributed by atoms with E-state index in [-0.39, 0.29) is 0 Å². The molecule has 2 nitrogen and oxygen atoms in total. The lowest BCUT2D eigenvalue weighted by atomic mass is 10.1. The van der Waals surface area contributed by atoms with Gasteiger partial charge in [0.2, 0.25) is 0 Å². The first kappa shape index (κ1) is 7.03. The number of likely N-dealkylation sites (N-methyl/N-ethyl adjacent to an activating group) is 1.